The maximum Gasteiger partial charge on any atom is 0.263 e. The Morgan fingerprint density at radius 3 is 2.81 bits per heavy atom. The Balaban J connectivity index is 1.83. The number of hydrogen-bond donors (Lipinski definition) is 1. The normalized spacial score (nSPS) is 16.0. The van der Waals surface area contributed by atoms with E-state index in [9.17, 15) is 4.79 Å². The molecule has 116 valence electrons. The average Bonchev–Trinajstić information content (AvgIpc) is 3.02. The molecule has 1 aromatic heterocycles. The van der Waals surface area contributed by atoms with Gasteiger partial charge in [0.25, 0.3) is 5.91 Å². The van der Waals surface area contributed by atoms with Crippen LogP contribution in [0.3, 0.4) is 0 Å². The summed E-state index contributed by atoms with van der Waals surface area (Å²) in [5.41, 5.74) is 0.981. The molecule has 0 radical (unpaired) electrons. The van der Waals surface area contributed by atoms with E-state index in [-0.39, 0.29) is 5.91 Å². The van der Waals surface area contributed by atoms with Crippen molar-refractivity contribution in [2.45, 2.75) is 45.8 Å². The van der Waals surface area contributed by atoms with Gasteiger partial charge in [-0.3, -0.25) is 9.78 Å². The molecule has 1 saturated heterocycles. The number of pyridine rings is 1. The van der Waals surface area contributed by atoms with Gasteiger partial charge < -0.3 is 15.0 Å². The lowest BCUT2D eigenvalue weighted by atomic mass is 10.3. The minimum Gasteiger partial charge on any atom is -0.479 e. The first kappa shape index (κ1) is 15.8. The monoisotopic (exact) mass is 291 g/mol. The van der Waals surface area contributed by atoms with Crippen LogP contribution in [0.4, 0.5) is 0 Å². The molecular weight excluding hydrogens is 266 g/mol. The van der Waals surface area contributed by atoms with Crippen LogP contribution in [0.15, 0.2) is 18.3 Å². The van der Waals surface area contributed by atoms with E-state index in [1.807, 2.05) is 17.0 Å². The number of aromatic nitrogens is 1. The van der Waals surface area contributed by atoms with E-state index in [2.05, 4.69) is 17.2 Å². The molecular formula is C16H25N3O2. The minimum atomic E-state index is -0.450. The third-order valence-corrected chi connectivity index (χ3v) is 3.61. The van der Waals surface area contributed by atoms with Gasteiger partial charge in [-0.1, -0.05) is 6.92 Å². The maximum absolute atomic E-state index is 12.2. The Morgan fingerprint density at radius 2 is 2.19 bits per heavy atom. The fraction of sp³-hybridized carbons (Fsp3) is 0.625. The molecule has 0 spiro atoms. The number of amides is 1. The summed E-state index contributed by atoms with van der Waals surface area (Å²) in [4.78, 5) is 18.4. The second kappa shape index (κ2) is 7.98. The number of rotatable bonds is 7. The van der Waals surface area contributed by atoms with Crippen LogP contribution in [0, 0.1) is 0 Å². The van der Waals surface area contributed by atoms with Crippen molar-refractivity contribution in [3.8, 4) is 5.75 Å². The highest BCUT2D eigenvalue weighted by Crippen LogP contribution is 2.15. The van der Waals surface area contributed by atoms with Gasteiger partial charge in [0.2, 0.25) is 0 Å². The van der Waals surface area contributed by atoms with E-state index in [1.165, 1.54) is 0 Å². The van der Waals surface area contributed by atoms with Gasteiger partial charge in [0.1, 0.15) is 5.75 Å². The number of carbonyl (C=O) groups excluding carboxylic acids is 1. The van der Waals surface area contributed by atoms with Crippen LogP contribution in [0.2, 0.25) is 0 Å². The molecule has 0 aliphatic carbocycles. The van der Waals surface area contributed by atoms with E-state index < -0.39 is 6.10 Å². The molecule has 1 aliphatic rings. The van der Waals surface area contributed by atoms with Gasteiger partial charge in [0.15, 0.2) is 6.10 Å². The molecule has 1 amide bonds. The summed E-state index contributed by atoms with van der Waals surface area (Å²) in [6.07, 6.45) is 4.54. The second-order valence-corrected chi connectivity index (χ2v) is 5.45. The van der Waals surface area contributed by atoms with E-state index in [0.29, 0.717) is 5.75 Å². The van der Waals surface area contributed by atoms with Crippen molar-refractivity contribution in [3.05, 3.63) is 24.0 Å². The Labute approximate surface area is 126 Å². The molecule has 1 aliphatic heterocycles. The number of hydrogen-bond acceptors (Lipinski definition) is 4. The van der Waals surface area contributed by atoms with Crippen molar-refractivity contribution in [3.63, 3.8) is 0 Å². The number of ether oxygens (including phenoxy) is 1. The van der Waals surface area contributed by atoms with Crippen molar-refractivity contribution >= 4 is 5.91 Å². The highest BCUT2D eigenvalue weighted by Gasteiger charge is 2.24. The fourth-order valence-electron chi connectivity index (χ4n) is 2.43. The third-order valence-electron chi connectivity index (χ3n) is 3.61. The van der Waals surface area contributed by atoms with Crippen molar-refractivity contribution in [2.75, 3.05) is 19.6 Å². The molecule has 1 atom stereocenters. The predicted molar refractivity (Wildman–Crippen MR) is 82.1 cm³/mol. The molecule has 21 heavy (non-hydrogen) atoms. The number of likely N-dealkylation sites (tertiary alicyclic amines) is 1. The lowest BCUT2D eigenvalue weighted by molar-refractivity contribution is -0.136. The van der Waals surface area contributed by atoms with Crippen LogP contribution < -0.4 is 10.1 Å². The van der Waals surface area contributed by atoms with E-state index >= 15 is 0 Å². The van der Waals surface area contributed by atoms with Crippen molar-refractivity contribution < 1.29 is 9.53 Å². The molecule has 1 aromatic rings. The Bertz CT molecular complexity index is 441. The van der Waals surface area contributed by atoms with Gasteiger partial charge in [-0.2, -0.15) is 0 Å². The summed E-state index contributed by atoms with van der Waals surface area (Å²) in [7, 11) is 0. The van der Waals surface area contributed by atoms with Crippen LogP contribution in [0.5, 0.6) is 5.75 Å². The summed E-state index contributed by atoms with van der Waals surface area (Å²) in [5.74, 6) is 0.718. The Hall–Kier alpha value is -1.62. The minimum absolute atomic E-state index is 0.0705. The van der Waals surface area contributed by atoms with Crippen molar-refractivity contribution in [2.24, 2.45) is 0 Å². The first-order chi connectivity index (χ1) is 10.2. The maximum atomic E-state index is 12.2. The highest BCUT2D eigenvalue weighted by atomic mass is 16.5. The summed E-state index contributed by atoms with van der Waals surface area (Å²) in [6.45, 7) is 7.39. The lowest BCUT2D eigenvalue weighted by Crippen LogP contribution is -2.38. The molecule has 1 unspecified atom stereocenters. The number of nitrogens with zero attached hydrogens (tertiary/aromatic N) is 2. The fourth-order valence-corrected chi connectivity index (χ4v) is 2.43. The molecule has 0 aromatic carbocycles. The van der Waals surface area contributed by atoms with E-state index in [1.54, 1.807) is 13.1 Å². The van der Waals surface area contributed by atoms with Crippen molar-refractivity contribution in [1.29, 1.82) is 0 Å². The van der Waals surface area contributed by atoms with Crippen molar-refractivity contribution in [1.82, 2.24) is 15.2 Å². The van der Waals surface area contributed by atoms with Gasteiger partial charge in [-0.15, -0.1) is 0 Å². The average molecular weight is 291 g/mol. The molecule has 0 bridgehead atoms. The van der Waals surface area contributed by atoms with Gasteiger partial charge in [0.05, 0.1) is 11.9 Å². The summed E-state index contributed by atoms with van der Waals surface area (Å²) in [5, 5.41) is 3.30. The highest BCUT2D eigenvalue weighted by molar-refractivity contribution is 5.81. The van der Waals surface area contributed by atoms with Gasteiger partial charge in [-0.05, 0) is 44.9 Å². The molecule has 5 nitrogen and oxygen atoms in total. The molecule has 1 fully saturated rings. The largest absolute Gasteiger partial charge is 0.479 e. The number of carbonyl (C=O) groups is 1. The van der Waals surface area contributed by atoms with Crippen LogP contribution in [-0.2, 0) is 11.3 Å². The SMILES string of the molecule is CCCNCc1ccc(OC(C)C(=O)N2CCCC2)cn1. The summed E-state index contributed by atoms with van der Waals surface area (Å²) in [6, 6.07) is 3.81. The van der Waals surface area contributed by atoms with Crippen LogP contribution in [-0.4, -0.2) is 41.5 Å². The quantitative estimate of drug-likeness (QED) is 0.780. The molecule has 0 saturated carbocycles. The van der Waals surface area contributed by atoms with Crippen LogP contribution in [0.25, 0.3) is 0 Å². The Morgan fingerprint density at radius 1 is 1.43 bits per heavy atom. The Kier molecular flexibility index (Phi) is 5.99. The number of nitrogens with one attached hydrogen (secondary N) is 1. The van der Waals surface area contributed by atoms with Gasteiger partial charge in [0, 0.05) is 19.6 Å². The summed E-state index contributed by atoms with van der Waals surface area (Å²) >= 11 is 0. The van der Waals surface area contributed by atoms with Gasteiger partial charge in [-0.25, -0.2) is 0 Å². The molecule has 2 rings (SSSR count). The molecule has 1 N–H and O–H groups in total. The van der Waals surface area contributed by atoms with E-state index in [4.69, 9.17) is 4.74 Å². The third kappa shape index (κ3) is 4.70. The van der Waals surface area contributed by atoms with E-state index in [0.717, 1.165) is 51.1 Å². The second-order valence-electron chi connectivity index (χ2n) is 5.45. The topological polar surface area (TPSA) is 54.5 Å². The zero-order valence-electron chi connectivity index (χ0n) is 13.0. The smallest absolute Gasteiger partial charge is 0.263 e. The first-order valence-electron chi connectivity index (χ1n) is 7.81. The summed E-state index contributed by atoms with van der Waals surface area (Å²) < 4.78 is 5.70. The standard InChI is InChI=1S/C16H25N3O2/c1-3-8-17-11-14-6-7-15(12-18-14)21-13(2)16(20)19-9-4-5-10-19/h6-7,12-13,17H,3-5,8-11H2,1-2H3. The van der Waals surface area contributed by atoms with Crippen LogP contribution >= 0.6 is 0 Å². The molecule has 2 heterocycles. The van der Waals surface area contributed by atoms with Crippen LogP contribution in [0.1, 0.15) is 38.8 Å². The lowest BCUT2D eigenvalue weighted by Gasteiger charge is -2.21. The first-order valence-corrected chi connectivity index (χ1v) is 7.81. The molecule has 5 heteroatoms. The zero-order chi connectivity index (χ0) is 15.1. The zero-order valence-corrected chi connectivity index (χ0v) is 13.0. The predicted octanol–water partition coefficient (Wildman–Crippen LogP) is 1.97. The van der Waals surface area contributed by atoms with Gasteiger partial charge >= 0.3 is 0 Å².